The number of aryl methyl sites for hydroxylation is 1. The van der Waals surface area contributed by atoms with Gasteiger partial charge in [-0.25, -0.2) is 0 Å². The van der Waals surface area contributed by atoms with Gasteiger partial charge in [0.05, 0.1) is 29.3 Å². The number of pyridine rings is 1. The number of thiophene rings is 1. The molecule has 0 bridgehead atoms. The molecule has 0 unspecified atom stereocenters. The SMILES string of the molecule is CC(=O)N[C@H]1c2ccccc2C2(CCN(C(=O)c3ccc(C)s3)CC2)[C@@H]1OCc1ccccn1. The summed E-state index contributed by atoms with van der Waals surface area (Å²) < 4.78 is 6.58. The third-order valence-corrected chi connectivity index (χ3v) is 8.06. The number of nitrogens with one attached hydrogen (secondary N) is 1. The lowest BCUT2D eigenvalue weighted by Gasteiger charge is -2.44. The van der Waals surface area contributed by atoms with Gasteiger partial charge in [-0.2, -0.15) is 0 Å². The van der Waals surface area contributed by atoms with Gasteiger partial charge in [-0.15, -0.1) is 11.3 Å². The molecule has 1 aliphatic carbocycles. The van der Waals surface area contributed by atoms with E-state index in [1.165, 1.54) is 5.56 Å². The second-order valence-electron chi connectivity index (χ2n) is 9.18. The summed E-state index contributed by atoms with van der Waals surface area (Å²) in [6.07, 6.45) is 3.09. The minimum atomic E-state index is -0.277. The summed E-state index contributed by atoms with van der Waals surface area (Å²) in [4.78, 5) is 33.6. The van der Waals surface area contributed by atoms with E-state index >= 15 is 0 Å². The number of hydrogen-bond donors (Lipinski definition) is 1. The minimum absolute atomic E-state index is 0.0797. The fourth-order valence-electron chi connectivity index (χ4n) is 5.51. The molecule has 5 rings (SSSR count). The van der Waals surface area contributed by atoms with Gasteiger partial charge in [-0.3, -0.25) is 14.6 Å². The monoisotopic (exact) mass is 475 g/mol. The molecule has 2 amide bonds. The van der Waals surface area contributed by atoms with Crippen molar-refractivity contribution in [3.05, 3.63) is 87.4 Å². The highest BCUT2D eigenvalue weighted by Crippen LogP contribution is 2.52. The highest BCUT2D eigenvalue weighted by molar-refractivity contribution is 7.13. The van der Waals surface area contributed by atoms with Crippen LogP contribution in [0, 0.1) is 6.92 Å². The lowest BCUT2D eigenvalue weighted by molar-refractivity contribution is -0.122. The van der Waals surface area contributed by atoms with Gasteiger partial charge in [-0.05, 0) is 55.2 Å². The largest absolute Gasteiger partial charge is 0.368 e. The molecule has 2 aliphatic rings. The van der Waals surface area contributed by atoms with Crippen molar-refractivity contribution in [3.8, 4) is 0 Å². The molecule has 2 aromatic heterocycles. The second kappa shape index (κ2) is 9.31. The molecule has 1 fully saturated rings. The smallest absolute Gasteiger partial charge is 0.263 e. The van der Waals surface area contributed by atoms with Gasteiger partial charge < -0.3 is 15.0 Å². The zero-order valence-electron chi connectivity index (χ0n) is 19.5. The number of ether oxygens (including phenoxy) is 1. The van der Waals surface area contributed by atoms with Gasteiger partial charge in [0.25, 0.3) is 5.91 Å². The van der Waals surface area contributed by atoms with Crippen molar-refractivity contribution >= 4 is 23.2 Å². The van der Waals surface area contributed by atoms with Gasteiger partial charge in [0, 0.05) is 36.5 Å². The Hall–Kier alpha value is -3.03. The first-order chi connectivity index (χ1) is 16.5. The lowest BCUT2D eigenvalue weighted by atomic mass is 9.71. The maximum Gasteiger partial charge on any atom is 0.263 e. The van der Waals surface area contributed by atoms with E-state index in [1.54, 1.807) is 24.5 Å². The van der Waals surface area contributed by atoms with Crippen LogP contribution < -0.4 is 5.32 Å². The summed E-state index contributed by atoms with van der Waals surface area (Å²) in [5.41, 5.74) is 2.91. The summed E-state index contributed by atoms with van der Waals surface area (Å²) >= 11 is 1.54. The van der Waals surface area contributed by atoms with Crippen LogP contribution in [0.4, 0.5) is 0 Å². The summed E-state index contributed by atoms with van der Waals surface area (Å²) in [5.74, 6) is 0.0209. The van der Waals surface area contributed by atoms with Crippen molar-refractivity contribution in [1.29, 1.82) is 0 Å². The van der Waals surface area contributed by atoms with Gasteiger partial charge >= 0.3 is 0 Å². The quantitative estimate of drug-likeness (QED) is 0.594. The Balaban J connectivity index is 1.44. The predicted octanol–water partition coefficient (Wildman–Crippen LogP) is 4.40. The van der Waals surface area contributed by atoms with Crippen LogP contribution in [0.3, 0.4) is 0 Å². The van der Waals surface area contributed by atoms with Crippen LogP contribution in [-0.2, 0) is 21.6 Å². The normalized spacial score (nSPS) is 20.8. The van der Waals surface area contributed by atoms with Crippen molar-refractivity contribution in [2.45, 2.75) is 50.9 Å². The molecule has 1 saturated heterocycles. The van der Waals surface area contributed by atoms with Crippen molar-refractivity contribution in [3.63, 3.8) is 0 Å². The third-order valence-electron chi connectivity index (χ3n) is 7.07. The molecule has 0 radical (unpaired) electrons. The minimum Gasteiger partial charge on any atom is -0.368 e. The number of hydrogen-bond acceptors (Lipinski definition) is 5. The van der Waals surface area contributed by atoms with Crippen LogP contribution in [0.15, 0.2) is 60.8 Å². The first-order valence-electron chi connectivity index (χ1n) is 11.7. The fraction of sp³-hybridized carbons (Fsp3) is 0.370. The molecule has 1 N–H and O–H groups in total. The zero-order valence-corrected chi connectivity index (χ0v) is 20.3. The number of fused-ring (bicyclic) bond motifs is 2. The maximum absolute atomic E-state index is 13.1. The summed E-state index contributed by atoms with van der Waals surface area (Å²) in [6.45, 7) is 5.25. The molecule has 1 aromatic carbocycles. The van der Waals surface area contributed by atoms with Crippen molar-refractivity contribution in [2.75, 3.05) is 13.1 Å². The van der Waals surface area contributed by atoms with Crippen molar-refractivity contribution < 1.29 is 14.3 Å². The first-order valence-corrected chi connectivity index (χ1v) is 12.5. The third kappa shape index (κ3) is 4.14. The molecule has 3 heterocycles. The van der Waals surface area contributed by atoms with E-state index in [0.717, 1.165) is 33.9 Å². The number of rotatable bonds is 5. The molecule has 7 heteroatoms. The average molecular weight is 476 g/mol. The number of piperidine rings is 1. The molecule has 0 saturated carbocycles. The Bertz CT molecular complexity index is 1180. The van der Waals surface area contributed by atoms with E-state index in [-0.39, 0.29) is 29.4 Å². The van der Waals surface area contributed by atoms with E-state index < -0.39 is 0 Å². The van der Waals surface area contributed by atoms with Crippen LogP contribution in [0.5, 0.6) is 0 Å². The number of aromatic nitrogens is 1. The van der Waals surface area contributed by atoms with E-state index in [9.17, 15) is 9.59 Å². The van der Waals surface area contributed by atoms with Crippen LogP contribution in [0.25, 0.3) is 0 Å². The first kappa shape index (κ1) is 22.7. The summed E-state index contributed by atoms with van der Waals surface area (Å²) in [6, 6.07) is 17.8. The van der Waals surface area contributed by atoms with Gasteiger partial charge in [0.2, 0.25) is 5.91 Å². The van der Waals surface area contributed by atoms with E-state index in [2.05, 4.69) is 28.5 Å². The van der Waals surface area contributed by atoms with E-state index in [1.807, 2.05) is 48.2 Å². The summed E-state index contributed by atoms with van der Waals surface area (Å²) in [5, 5.41) is 3.16. The Morgan fingerprint density at radius 3 is 2.56 bits per heavy atom. The standard InChI is InChI=1S/C27H29N3O3S/c1-18-10-11-23(34-18)26(32)30-15-12-27(13-16-30)22-9-4-3-8-21(22)24(29-19(2)31)25(27)33-17-20-7-5-6-14-28-20/h3-11,14,24-25H,12-13,15-17H2,1-2H3,(H,29,31)/t24-,25+/m0/s1. The van der Waals surface area contributed by atoms with Gasteiger partial charge in [0.1, 0.15) is 0 Å². The number of likely N-dealkylation sites (tertiary alicyclic amines) is 1. The molecule has 1 spiro atoms. The molecule has 176 valence electrons. The highest BCUT2D eigenvalue weighted by Gasteiger charge is 2.54. The van der Waals surface area contributed by atoms with Gasteiger partial charge in [0.15, 0.2) is 0 Å². The van der Waals surface area contributed by atoms with Crippen LogP contribution in [0.2, 0.25) is 0 Å². The van der Waals surface area contributed by atoms with Crippen molar-refractivity contribution in [2.24, 2.45) is 0 Å². The van der Waals surface area contributed by atoms with E-state index in [4.69, 9.17) is 4.74 Å². The Morgan fingerprint density at radius 1 is 1.12 bits per heavy atom. The number of carbonyl (C=O) groups excluding carboxylic acids is 2. The maximum atomic E-state index is 13.1. The number of nitrogens with zero attached hydrogens (tertiary/aromatic N) is 2. The number of benzene rings is 1. The summed E-state index contributed by atoms with van der Waals surface area (Å²) in [7, 11) is 0. The average Bonchev–Trinajstić information content (AvgIpc) is 3.39. The number of carbonyl (C=O) groups is 2. The molecular formula is C27H29N3O3S. The zero-order chi connectivity index (χ0) is 23.7. The van der Waals surface area contributed by atoms with Crippen LogP contribution in [-0.4, -0.2) is 40.9 Å². The van der Waals surface area contributed by atoms with Crippen LogP contribution in [0.1, 0.15) is 57.2 Å². The number of amides is 2. The second-order valence-corrected chi connectivity index (χ2v) is 10.5. The predicted molar refractivity (Wildman–Crippen MR) is 132 cm³/mol. The molecular weight excluding hydrogens is 446 g/mol. The fourth-order valence-corrected chi connectivity index (χ4v) is 6.35. The lowest BCUT2D eigenvalue weighted by Crippen LogP contribution is -2.51. The van der Waals surface area contributed by atoms with E-state index in [0.29, 0.717) is 19.7 Å². The molecule has 3 aromatic rings. The molecule has 34 heavy (non-hydrogen) atoms. The van der Waals surface area contributed by atoms with Gasteiger partial charge in [-0.1, -0.05) is 30.3 Å². The Morgan fingerprint density at radius 2 is 1.88 bits per heavy atom. The highest BCUT2D eigenvalue weighted by atomic mass is 32.1. The topological polar surface area (TPSA) is 71.5 Å². The van der Waals surface area contributed by atoms with Crippen LogP contribution >= 0.6 is 11.3 Å². The molecule has 6 nitrogen and oxygen atoms in total. The Kier molecular flexibility index (Phi) is 6.23. The van der Waals surface area contributed by atoms with Crippen molar-refractivity contribution in [1.82, 2.24) is 15.2 Å². The Labute approximate surface area is 204 Å². The molecule has 2 atom stereocenters. The molecule has 1 aliphatic heterocycles.